The van der Waals surface area contributed by atoms with Gasteiger partial charge < -0.3 is 10.1 Å². The van der Waals surface area contributed by atoms with Crippen LogP contribution in [0.1, 0.15) is 24.2 Å². The zero-order valence-corrected chi connectivity index (χ0v) is 15.8. The minimum Gasteiger partial charge on any atom is -0.449 e. The van der Waals surface area contributed by atoms with Gasteiger partial charge in [0.15, 0.2) is 17.7 Å². The van der Waals surface area contributed by atoms with Gasteiger partial charge in [0.25, 0.3) is 5.91 Å². The van der Waals surface area contributed by atoms with E-state index in [9.17, 15) is 26.8 Å². The van der Waals surface area contributed by atoms with Gasteiger partial charge in [-0.3, -0.25) is 4.79 Å². The predicted molar refractivity (Wildman–Crippen MR) is 97.2 cm³/mol. The normalized spacial score (nSPS) is 12.3. The van der Waals surface area contributed by atoms with Crippen molar-refractivity contribution in [2.24, 2.45) is 0 Å². The number of benzene rings is 2. The lowest BCUT2D eigenvalue weighted by Crippen LogP contribution is -2.30. The van der Waals surface area contributed by atoms with E-state index in [1.54, 1.807) is 6.92 Å². The molecule has 28 heavy (non-hydrogen) atoms. The van der Waals surface area contributed by atoms with E-state index in [2.05, 4.69) is 10.0 Å². The highest BCUT2D eigenvalue weighted by Crippen LogP contribution is 2.15. The van der Waals surface area contributed by atoms with Gasteiger partial charge in [0.2, 0.25) is 10.0 Å². The molecule has 2 rings (SSSR count). The van der Waals surface area contributed by atoms with Crippen LogP contribution < -0.4 is 10.0 Å². The van der Waals surface area contributed by atoms with Gasteiger partial charge in [-0.1, -0.05) is 6.92 Å². The van der Waals surface area contributed by atoms with Crippen LogP contribution in [-0.4, -0.2) is 32.9 Å². The molecule has 150 valence electrons. The maximum Gasteiger partial charge on any atom is 0.338 e. The van der Waals surface area contributed by atoms with E-state index in [1.807, 2.05) is 0 Å². The van der Waals surface area contributed by atoms with Gasteiger partial charge in [0.1, 0.15) is 0 Å². The van der Waals surface area contributed by atoms with Crippen LogP contribution in [0.4, 0.5) is 14.5 Å². The maximum absolute atomic E-state index is 13.2. The number of carbonyl (C=O) groups is 2. The van der Waals surface area contributed by atoms with Crippen molar-refractivity contribution >= 4 is 27.6 Å². The van der Waals surface area contributed by atoms with E-state index in [0.29, 0.717) is 0 Å². The van der Waals surface area contributed by atoms with Crippen molar-refractivity contribution in [2.75, 3.05) is 11.9 Å². The summed E-state index contributed by atoms with van der Waals surface area (Å²) in [6.45, 7) is 3.16. The standard InChI is InChI=1S/C18H18F2N2O5S/c1-3-21-28(25,26)14-7-4-12(5-8-14)18(24)27-11(2)17(23)22-13-6-9-15(19)16(20)10-13/h4-11,21H,3H2,1-2H3,(H,22,23)/t11-/m1/s1. The third kappa shape index (κ3) is 5.33. The van der Waals surface area contributed by atoms with Crippen LogP contribution in [0, 0.1) is 11.6 Å². The van der Waals surface area contributed by atoms with Crippen LogP contribution in [0.5, 0.6) is 0 Å². The van der Waals surface area contributed by atoms with Crippen molar-refractivity contribution in [3.63, 3.8) is 0 Å². The second kappa shape index (κ2) is 8.89. The Morgan fingerprint density at radius 2 is 1.71 bits per heavy atom. The Balaban J connectivity index is 2.01. The van der Waals surface area contributed by atoms with Gasteiger partial charge in [-0.15, -0.1) is 0 Å². The van der Waals surface area contributed by atoms with E-state index in [1.165, 1.54) is 31.2 Å². The molecule has 2 aromatic carbocycles. The van der Waals surface area contributed by atoms with Crippen LogP contribution in [0.2, 0.25) is 0 Å². The second-order valence-electron chi connectivity index (χ2n) is 5.69. The molecule has 0 aliphatic heterocycles. The fraction of sp³-hybridized carbons (Fsp3) is 0.222. The second-order valence-corrected chi connectivity index (χ2v) is 7.46. The van der Waals surface area contributed by atoms with Crippen LogP contribution >= 0.6 is 0 Å². The molecule has 7 nitrogen and oxygen atoms in total. The molecule has 1 amide bonds. The summed E-state index contributed by atoms with van der Waals surface area (Å²) >= 11 is 0. The molecule has 0 spiro atoms. The molecule has 0 aliphatic carbocycles. The number of carbonyl (C=O) groups excluding carboxylic acids is 2. The fourth-order valence-electron chi connectivity index (χ4n) is 2.14. The molecule has 0 saturated carbocycles. The monoisotopic (exact) mass is 412 g/mol. The first kappa shape index (κ1) is 21.5. The summed E-state index contributed by atoms with van der Waals surface area (Å²) in [7, 11) is -3.65. The summed E-state index contributed by atoms with van der Waals surface area (Å²) < 4.78 is 57.1. The van der Waals surface area contributed by atoms with E-state index >= 15 is 0 Å². The van der Waals surface area contributed by atoms with Gasteiger partial charge in [-0.2, -0.15) is 0 Å². The molecule has 0 fully saturated rings. The highest BCUT2D eigenvalue weighted by molar-refractivity contribution is 7.89. The SMILES string of the molecule is CCNS(=O)(=O)c1ccc(C(=O)O[C@H](C)C(=O)Nc2ccc(F)c(F)c2)cc1. The van der Waals surface area contributed by atoms with Crippen molar-refractivity contribution in [3.8, 4) is 0 Å². The van der Waals surface area contributed by atoms with E-state index in [-0.39, 0.29) is 22.7 Å². The average Bonchev–Trinajstić information content (AvgIpc) is 2.64. The van der Waals surface area contributed by atoms with Gasteiger partial charge in [0, 0.05) is 18.3 Å². The van der Waals surface area contributed by atoms with Crippen LogP contribution in [0.25, 0.3) is 0 Å². The highest BCUT2D eigenvalue weighted by atomic mass is 32.2. The Bertz CT molecular complexity index is 978. The van der Waals surface area contributed by atoms with E-state index in [0.717, 1.165) is 18.2 Å². The van der Waals surface area contributed by atoms with E-state index < -0.39 is 39.6 Å². The van der Waals surface area contributed by atoms with Gasteiger partial charge in [-0.25, -0.2) is 26.7 Å². The Morgan fingerprint density at radius 3 is 2.29 bits per heavy atom. The van der Waals surface area contributed by atoms with Crippen molar-refractivity contribution in [3.05, 3.63) is 59.7 Å². The molecule has 0 aromatic heterocycles. The molecule has 0 heterocycles. The van der Waals surface area contributed by atoms with Crippen LogP contribution in [0.3, 0.4) is 0 Å². The summed E-state index contributed by atoms with van der Waals surface area (Å²) in [6, 6.07) is 7.80. The number of sulfonamides is 1. The zero-order chi connectivity index (χ0) is 20.9. The van der Waals surface area contributed by atoms with Crippen molar-refractivity contribution in [1.82, 2.24) is 4.72 Å². The fourth-order valence-corrected chi connectivity index (χ4v) is 3.18. The molecular weight excluding hydrogens is 394 g/mol. The molecule has 2 aromatic rings. The summed E-state index contributed by atoms with van der Waals surface area (Å²) in [6.07, 6.45) is -1.23. The van der Waals surface area contributed by atoms with Crippen molar-refractivity contribution in [1.29, 1.82) is 0 Å². The van der Waals surface area contributed by atoms with Gasteiger partial charge in [-0.05, 0) is 43.3 Å². The topological polar surface area (TPSA) is 102 Å². The third-order valence-electron chi connectivity index (χ3n) is 3.57. The number of halogens is 2. The summed E-state index contributed by atoms with van der Waals surface area (Å²) in [5, 5.41) is 2.30. The first-order chi connectivity index (χ1) is 13.1. The first-order valence-corrected chi connectivity index (χ1v) is 9.69. The third-order valence-corrected chi connectivity index (χ3v) is 5.14. The number of hydrogen-bond acceptors (Lipinski definition) is 5. The van der Waals surface area contributed by atoms with Crippen LogP contribution in [-0.2, 0) is 19.6 Å². The number of ether oxygens (including phenoxy) is 1. The molecule has 0 aliphatic rings. The number of amides is 1. The maximum atomic E-state index is 13.2. The Labute approximate surface area is 160 Å². The predicted octanol–water partition coefficient (Wildman–Crippen LogP) is 2.45. The smallest absolute Gasteiger partial charge is 0.338 e. The highest BCUT2D eigenvalue weighted by Gasteiger charge is 2.20. The summed E-state index contributed by atoms with van der Waals surface area (Å²) in [4.78, 5) is 24.1. The molecular formula is C18H18F2N2O5S. The average molecular weight is 412 g/mol. The Morgan fingerprint density at radius 1 is 1.07 bits per heavy atom. The van der Waals surface area contributed by atoms with Gasteiger partial charge >= 0.3 is 5.97 Å². The first-order valence-electron chi connectivity index (χ1n) is 8.20. The molecule has 0 bridgehead atoms. The number of rotatable bonds is 7. The largest absolute Gasteiger partial charge is 0.449 e. The number of esters is 1. The molecule has 0 saturated heterocycles. The lowest BCUT2D eigenvalue weighted by atomic mass is 10.2. The molecule has 0 radical (unpaired) electrons. The number of nitrogens with one attached hydrogen (secondary N) is 2. The quantitative estimate of drug-likeness (QED) is 0.681. The van der Waals surface area contributed by atoms with Gasteiger partial charge in [0.05, 0.1) is 10.5 Å². The summed E-state index contributed by atoms with van der Waals surface area (Å²) in [5.41, 5.74) is 0.0488. The van der Waals surface area contributed by atoms with E-state index in [4.69, 9.17) is 4.74 Å². The van der Waals surface area contributed by atoms with Crippen LogP contribution in [0.15, 0.2) is 47.4 Å². The molecule has 0 unspecified atom stereocenters. The zero-order valence-electron chi connectivity index (χ0n) is 15.0. The number of hydrogen-bond donors (Lipinski definition) is 2. The molecule has 1 atom stereocenters. The molecule has 10 heteroatoms. The van der Waals surface area contributed by atoms with Crippen molar-refractivity contribution < 1.29 is 31.5 Å². The minimum atomic E-state index is -3.65. The molecule has 2 N–H and O–H groups in total. The van der Waals surface area contributed by atoms with Crippen molar-refractivity contribution in [2.45, 2.75) is 24.8 Å². The lowest BCUT2D eigenvalue weighted by molar-refractivity contribution is -0.123. The summed E-state index contributed by atoms with van der Waals surface area (Å²) in [5.74, 6) is -3.78. The Hall–Kier alpha value is -2.85. The lowest BCUT2D eigenvalue weighted by Gasteiger charge is -2.14. The minimum absolute atomic E-state index is 0.00443. The Kier molecular flexibility index (Phi) is 6.81. The number of anilines is 1.